The van der Waals surface area contributed by atoms with Crippen molar-refractivity contribution in [3.8, 4) is 0 Å². The Morgan fingerprint density at radius 2 is 2.32 bits per heavy atom. The minimum atomic E-state index is -2.57. The Balaban J connectivity index is 1.58. The fourth-order valence-electron chi connectivity index (χ4n) is 1.76. The molecule has 5 nitrogen and oxygen atoms in total. The molecule has 0 atom stereocenters. The number of hydrogen-bond donors (Lipinski definition) is 2. The fourth-order valence-corrected chi connectivity index (χ4v) is 1.76. The normalized spacial score (nSPS) is 14.9. The van der Waals surface area contributed by atoms with Crippen molar-refractivity contribution in [2.24, 2.45) is 0 Å². The number of amides is 1. The lowest BCUT2D eigenvalue weighted by molar-refractivity contribution is -0.121. The van der Waals surface area contributed by atoms with Crippen molar-refractivity contribution < 1.29 is 13.6 Å². The van der Waals surface area contributed by atoms with Crippen LogP contribution in [-0.4, -0.2) is 28.0 Å². The third-order valence-corrected chi connectivity index (χ3v) is 2.94. The molecule has 0 bridgehead atoms. The van der Waals surface area contributed by atoms with Gasteiger partial charge in [0.15, 0.2) is 0 Å². The zero-order valence-corrected chi connectivity index (χ0v) is 10.6. The van der Waals surface area contributed by atoms with E-state index in [-0.39, 0.29) is 12.5 Å². The molecule has 0 spiro atoms. The van der Waals surface area contributed by atoms with E-state index in [1.807, 2.05) is 0 Å². The van der Waals surface area contributed by atoms with Crippen LogP contribution in [0.15, 0.2) is 12.4 Å². The van der Waals surface area contributed by atoms with Crippen LogP contribution in [0.1, 0.15) is 38.1 Å². The number of rotatable bonds is 8. The van der Waals surface area contributed by atoms with E-state index in [0.717, 1.165) is 17.4 Å². The maximum absolute atomic E-state index is 12.5. The first-order valence-corrected chi connectivity index (χ1v) is 6.47. The lowest BCUT2D eigenvalue weighted by atomic mass is 10.3. The Hall–Kier alpha value is -1.50. The molecule has 1 heterocycles. The van der Waals surface area contributed by atoms with Crippen LogP contribution in [-0.2, 0) is 11.3 Å². The molecule has 1 amide bonds. The van der Waals surface area contributed by atoms with Crippen LogP contribution in [0.25, 0.3) is 0 Å². The second kappa shape index (κ2) is 6.60. The Bertz CT molecular complexity index is 418. The Morgan fingerprint density at radius 1 is 1.53 bits per heavy atom. The Morgan fingerprint density at radius 3 is 3.00 bits per heavy atom. The van der Waals surface area contributed by atoms with Gasteiger partial charge in [-0.05, 0) is 25.8 Å². The molecule has 1 aromatic rings. The summed E-state index contributed by atoms with van der Waals surface area (Å²) in [6.07, 6.45) is 5.93. The highest BCUT2D eigenvalue weighted by molar-refractivity contribution is 5.76. The monoisotopic (exact) mass is 272 g/mol. The van der Waals surface area contributed by atoms with E-state index in [9.17, 15) is 13.6 Å². The highest BCUT2D eigenvalue weighted by Crippen LogP contribution is 2.18. The minimum absolute atomic E-state index is 0.0679. The Labute approximate surface area is 110 Å². The molecule has 1 aliphatic carbocycles. The quantitative estimate of drug-likeness (QED) is 0.704. The van der Waals surface area contributed by atoms with Gasteiger partial charge in [0, 0.05) is 24.9 Å². The molecule has 0 aliphatic heterocycles. The maximum Gasteiger partial charge on any atom is 0.319 e. The topological polar surface area (TPSA) is 59.0 Å². The second-order valence-corrected chi connectivity index (χ2v) is 4.65. The average molecular weight is 272 g/mol. The van der Waals surface area contributed by atoms with Gasteiger partial charge >= 0.3 is 6.55 Å². The molecule has 1 fully saturated rings. The molecule has 1 aliphatic rings. The first-order valence-electron chi connectivity index (χ1n) is 6.47. The first kappa shape index (κ1) is 13.9. The van der Waals surface area contributed by atoms with Crippen molar-refractivity contribution in [1.29, 1.82) is 0 Å². The molecule has 106 valence electrons. The summed E-state index contributed by atoms with van der Waals surface area (Å²) in [5, 5.41) is 5.91. The minimum Gasteiger partial charge on any atom is -0.353 e. The van der Waals surface area contributed by atoms with Gasteiger partial charge in [-0.15, -0.1) is 0 Å². The van der Waals surface area contributed by atoms with Gasteiger partial charge in [0.05, 0.1) is 6.54 Å². The zero-order chi connectivity index (χ0) is 13.7. The fraction of sp³-hybridized carbons (Fsp3) is 0.667. The van der Waals surface area contributed by atoms with Crippen LogP contribution >= 0.6 is 0 Å². The van der Waals surface area contributed by atoms with Crippen molar-refractivity contribution >= 4 is 5.91 Å². The van der Waals surface area contributed by atoms with Gasteiger partial charge in [-0.2, -0.15) is 8.78 Å². The van der Waals surface area contributed by atoms with E-state index >= 15 is 0 Å². The summed E-state index contributed by atoms with van der Waals surface area (Å²) in [4.78, 5) is 15.2. The van der Waals surface area contributed by atoms with Crippen molar-refractivity contribution in [2.45, 2.75) is 44.8 Å². The molecule has 7 heteroatoms. The summed E-state index contributed by atoms with van der Waals surface area (Å²) >= 11 is 0. The smallest absolute Gasteiger partial charge is 0.319 e. The second-order valence-electron chi connectivity index (χ2n) is 4.65. The number of carbonyl (C=O) groups excluding carboxylic acids is 1. The van der Waals surface area contributed by atoms with Crippen molar-refractivity contribution in [1.82, 2.24) is 20.2 Å². The van der Waals surface area contributed by atoms with E-state index < -0.39 is 6.55 Å². The van der Waals surface area contributed by atoms with Gasteiger partial charge in [-0.25, -0.2) is 4.98 Å². The standard InChI is InChI=1S/C12H18F2N4O/c13-12(14)18-7-6-16-10(18)8-15-5-1-2-11(19)17-9-3-4-9/h6-7,9,12,15H,1-5,8H2,(H,17,19). The number of halogens is 2. The summed E-state index contributed by atoms with van der Waals surface area (Å²) in [6.45, 7) is -1.68. The van der Waals surface area contributed by atoms with E-state index in [1.165, 1.54) is 12.4 Å². The number of nitrogens with one attached hydrogen (secondary N) is 2. The first-order chi connectivity index (χ1) is 9.16. The SMILES string of the molecule is O=C(CCCNCc1nccn1C(F)F)NC1CC1. The molecule has 2 rings (SSSR count). The molecule has 1 saturated carbocycles. The molecular formula is C12H18F2N4O. The van der Waals surface area contributed by atoms with Gasteiger partial charge in [0.2, 0.25) is 5.91 Å². The lowest BCUT2D eigenvalue weighted by Gasteiger charge is -2.07. The molecule has 0 saturated heterocycles. The van der Waals surface area contributed by atoms with Gasteiger partial charge in [0.1, 0.15) is 5.82 Å². The van der Waals surface area contributed by atoms with Crippen LogP contribution in [0.5, 0.6) is 0 Å². The van der Waals surface area contributed by atoms with E-state index in [0.29, 0.717) is 31.3 Å². The zero-order valence-electron chi connectivity index (χ0n) is 10.6. The molecule has 1 aromatic heterocycles. The molecule has 19 heavy (non-hydrogen) atoms. The van der Waals surface area contributed by atoms with Crippen molar-refractivity contribution in [3.05, 3.63) is 18.2 Å². The van der Waals surface area contributed by atoms with Crippen LogP contribution in [0.2, 0.25) is 0 Å². The number of imidazole rings is 1. The largest absolute Gasteiger partial charge is 0.353 e. The van der Waals surface area contributed by atoms with Crippen LogP contribution in [0, 0.1) is 0 Å². The van der Waals surface area contributed by atoms with Gasteiger partial charge < -0.3 is 10.6 Å². The maximum atomic E-state index is 12.5. The average Bonchev–Trinajstić information content (AvgIpc) is 3.04. The van der Waals surface area contributed by atoms with Crippen molar-refractivity contribution in [3.63, 3.8) is 0 Å². The predicted octanol–water partition coefficient (Wildman–Crippen LogP) is 1.43. The number of alkyl halides is 2. The lowest BCUT2D eigenvalue weighted by Crippen LogP contribution is -2.26. The molecular weight excluding hydrogens is 254 g/mol. The highest BCUT2D eigenvalue weighted by Gasteiger charge is 2.22. The van der Waals surface area contributed by atoms with E-state index in [2.05, 4.69) is 15.6 Å². The Kier molecular flexibility index (Phi) is 4.84. The summed E-state index contributed by atoms with van der Waals surface area (Å²) in [5.74, 6) is 0.371. The number of aromatic nitrogens is 2. The predicted molar refractivity (Wildman–Crippen MR) is 65.6 cm³/mol. The van der Waals surface area contributed by atoms with Crippen molar-refractivity contribution in [2.75, 3.05) is 6.54 Å². The van der Waals surface area contributed by atoms with Crippen LogP contribution in [0.3, 0.4) is 0 Å². The molecule has 0 unspecified atom stereocenters. The van der Waals surface area contributed by atoms with Crippen LogP contribution in [0.4, 0.5) is 8.78 Å². The molecule has 0 radical (unpaired) electrons. The highest BCUT2D eigenvalue weighted by atomic mass is 19.3. The van der Waals surface area contributed by atoms with E-state index in [4.69, 9.17) is 0 Å². The summed E-state index contributed by atoms with van der Waals surface area (Å²) in [6, 6.07) is 0.388. The van der Waals surface area contributed by atoms with Gasteiger partial charge in [-0.3, -0.25) is 9.36 Å². The molecule has 2 N–H and O–H groups in total. The third kappa shape index (κ3) is 4.59. The third-order valence-electron chi connectivity index (χ3n) is 2.94. The molecule has 0 aromatic carbocycles. The van der Waals surface area contributed by atoms with Crippen LogP contribution < -0.4 is 10.6 Å². The van der Waals surface area contributed by atoms with E-state index in [1.54, 1.807) is 0 Å². The number of hydrogen-bond acceptors (Lipinski definition) is 3. The summed E-state index contributed by atoms with van der Waals surface area (Å²) in [7, 11) is 0. The number of carbonyl (C=O) groups is 1. The van der Waals surface area contributed by atoms with Gasteiger partial charge in [0.25, 0.3) is 0 Å². The number of nitrogens with zero attached hydrogens (tertiary/aromatic N) is 2. The summed E-state index contributed by atoms with van der Waals surface area (Å²) < 4.78 is 25.8. The van der Waals surface area contributed by atoms with Gasteiger partial charge in [-0.1, -0.05) is 0 Å². The summed E-state index contributed by atoms with van der Waals surface area (Å²) in [5.41, 5.74) is 0.